The van der Waals surface area contributed by atoms with Crippen LogP contribution in [-0.4, -0.2) is 22.8 Å². The lowest BCUT2D eigenvalue weighted by atomic mass is 10.1. The lowest BCUT2D eigenvalue weighted by molar-refractivity contribution is 0.0694. The monoisotopic (exact) mass is 412 g/mol. The van der Waals surface area contributed by atoms with Gasteiger partial charge in [-0.25, -0.2) is 4.79 Å². The van der Waals surface area contributed by atoms with Gasteiger partial charge >= 0.3 is 5.97 Å². The van der Waals surface area contributed by atoms with Crippen molar-refractivity contribution in [1.29, 1.82) is 0 Å². The van der Waals surface area contributed by atoms with Gasteiger partial charge in [-0.1, -0.05) is 35.9 Å². The largest absolute Gasteiger partial charge is 0.497 e. The van der Waals surface area contributed by atoms with Crippen molar-refractivity contribution in [3.05, 3.63) is 87.2 Å². The molecule has 0 bridgehead atoms. The number of halogens is 1. The molecular formula is C23H25ClN2O3. The number of rotatable bonds is 8. The van der Waals surface area contributed by atoms with Crippen LogP contribution in [0.25, 0.3) is 0 Å². The third-order valence-electron chi connectivity index (χ3n) is 5.12. The molecule has 0 radical (unpaired) electrons. The van der Waals surface area contributed by atoms with Gasteiger partial charge in [-0.05, 0) is 49.2 Å². The predicted molar refractivity (Wildman–Crippen MR) is 115 cm³/mol. The van der Waals surface area contributed by atoms with Gasteiger partial charge in [-0.15, -0.1) is 0 Å². The van der Waals surface area contributed by atoms with Crippen molar-refractivity contribution in [2.45, 2.75) is 33.5 Å². The third kappa shape index (κ3) is 4.81. The summed E-state index contributed by atoms with van der Waals surface area (Å²) < 4.78 is 7.35. The zero-order chi connectivity index (χ0) is 21.0. The molecule has 0 spiro atoms. The van der Waals surface area contributed by atoms with Crippen molar-refractivity contribution in [3.63, 3.8) is 0 Å². The maximum Gasteiger partial charge on any atom is 0.337 e. The Labute approximate surface area is 175 Å². The highest BCUT2D eigenvalue weighted by Gasteiger charge is 2.22. The number of nitrogens with zero attached hydrogens (tertiary/aromatic N) is 1. The van der Waals surface area contributed by atoms with Crippen LogP contribution in [0.15, 0.2) is 48.5 Å². The van der Waals surface area contributed by atoms with E-state index >= 15 is 0 Å². The number of hydrogen-bond donors (Lipinski definition) is 2. The number of carboxylic acids is 1. The lowest BCUT2D eigenvalue weighted by Gasteiger charge is -2.11. The van der Waals surface area contributed by atoms with Crippen molar-refractivity contribution in [1.82, 2.24) is 9.88 Å². The van der Waals surface area contributed by atoms with Crippen molar-refractivity contribution >= 4 is 17.6 Å². The SMILES string of the molecule is COc1cccc(Cn2c(C)c(CNCc3cccc(Cl)c3)c(C(=O)O)c2C)c1. The first-order chi connectivity index (χ1) is 13.9. The van der Waals surface area contributed by atoms with Crippen molar-refractivity contribution < 1.29 is 14.6 Å². The van der Waals surface area contributed by atoms with Crippen LogP contribution in [0.2, 0.25) is 5.02 Å². The van der Waals surface area contributed by atoms with Crippen LogP contribution in [0.5, 0.6) is 5.75 Å². The molecule has 3 aromatic rings. The fourth-order valence-corrected chi connectivity index (χ4v) is 3.83. The maximum atomic E-state index is 12.0. The molecule has 6 heteroatoms. The zero-order valence-electron chi connectivity index (χ0n) is 16.8. The molecule has 0 saturated carbocycles. The Hall–Kier alpha value is -2.76. The smallest absolute Gasteiger partial charge is 0.337 e. The van der Waals surface area contributed by atoms with Gasteiger partial charge in [0.05, 0.1) is 12.7 Å². The summed E-state index contributed by atoms with van der Waals surface area (Å²) in [5.41, 5.74) is 4.98. The Balaban J connectivity index is 1.84. The van der Waals surface area contributed by atoms with Crippen LogP contribution in [-0.2, 0) is 19.6 Å². The molecule has 0 fully saturated rings. The number of methoxy groups -OCH3 is 1. The summed E-state index contributed by atoms with van der Waals surface area (Å²) in [7, 11) is 1.64. The van der Waals surface area contributed by atoms with Crippen LogP contribution in [0.1, 0.15) is 38.4 Å². The number of aromatic carboxylic acids is 1. The molecule has 0 aliphatic rings. The van der Waals surface area contributed by atoms with E-state index in [0.29, 0.717) is 30.2 Å². The van der Waals surface area contributed by atoms with Crippen LogP contribution in [0.3, 0.4) is 0 Å². The Morgan fingerprint density at radius 3 is 2.48 bits per heavy atom. The average molecular weight is 413 g/mol. The van der Waals surface area contributed by atoms with E-state index in [1.807, 2.05) is 62.4 Å². The standard InChI is InChI=1S/C23H25ClN2O3/c1-15-21(13-25-12-17-6-4-8-19(24)10-17)22(23(27)28)16(2)26(15)14-18-7-5-9-20(11-18)29-3/h4-11,25H,12-14H2,1-3H3,(H,27,28). The molecule has 0 aliphatic carbocycles. The van der Waals surface area contributed by atoms with E-state index in [9.17, 15) is 9.90 Å². The average Bonchev–Trinajstić information content (AvgIpc) is 2.93. The molecule has 5 nitrogen and oxygen atoms in total. The maximum absolute atomic E-state index is 12.0. The summed E-state index contributed by atoms with van der Waals surface area (Å²) in [5.74, 6) is -0.124. The van der Waals surface area contributed by atoms with Gasteiger partial charge in [0.25, 0.3) is 0 Å². The zero-order valence-corrected chi connectivity index (χ0v) is 17.6. The van der Waals surface area contributed by atoms with Crippen LogP contribution >= 0.6 is 11.6 Å². The van der Waals surface area contributed by atoms with E-state index in [2.05, 4.69) is 9.88 Å². The first-order valence-electron chi connectivity index (χ1n) is 9.40. The summed E-state index contributed by atoms with van der Waals surface area (Å²) in [5, 5.41) is 13.8. The minimum absolute atomic E-state index is 0.365. The summed E-state index contributed by atoms with van der Waals surface area (Å²) in [6.45, 7) is 5.49. The van der Waals surface area contributed by atoms with Crippen LogP contribution in [0, 0.1) is 13.8 Å². The molecule has 1 heterocycles. The molecule has 0 amide bonds. The Bertz CT molecular complexity index is 1030. The van der Waals surface area contributed by atoms with Crippen LogP contribution < -0.4 is 10.1 Å². The number of benzene rings is 2. The van der Waals surface area contributed by atoms with E-state index in [4.69, 9.17) is 16.3 Å². The van der Waals surface area contributed by atoms with Gasteiger partial charge in [0, 0.05) is 41.6 Å². The molecule has 0 saturated heterocycles. The van der Waals surface area contributed by atoms with Crippen molar-refractivity contribution in [2.75, 3.05) is 7.11 Å². The normalized spacial score (nSPS) is 10.9. The Morgan fingerprint density at radius 1 is 1.07 bits per heavy atom. The number of carboxylic acid groups (broad SMARTS) is 1. The van der Waals surface area contributed by atoms with Gasteiger partial charge in [-0.2, -0.15) is 0 Å². The predicted octanol–water partition coefficient (Wildman–Crippen LogP) is 4.80. The van der Waals surface area contributed by atoms with Gasteiger partial charge in [0.2, 0.25) is 0 Å². The van der Waals surface area contributed by atoms with E-state index in [1.54, 1.807) is 7.11 Å². The molecule has 1 aromatic heterocycles. The Kier molecular flexibility index (Phi) is 6.62. The van der Waals surface area contributed by atoms with Crippen molar-refractivity contribution in [2.24, 2.45) is 0 Å². The molecule has 2 N–H and O–H groups in total. The summed E-state index contributed by atoms with van der Waals surface area (Å²) in [6, 6.07) is 15.4. The quantitative estimate of drug-likeness (QED) is 0.557. The van der Waals surface area contributed by atoms with Gasteiger partial charge in [-0.3, -0.25) is 0 Å². The first-order valence-corrected chi connectivity index (χ1v) is 9.78. The number of nitrogens with one attached hydrogen (secondary N) is 1. The molecule has 0 unspecified atom stereocenters. The topological polar surface area (TPSA) is 63.5 Å². The Morgan fingerprint density at radius 2 is 1.79 bits per heavy atom. The number of ether oxygens (including phenoxy) is 1. The molecule has 0 atom stereocenters. The lowest BCUT2D eigenvalue weighted by Crippen LogP contribution is -2.15. The number of aromatic nitrogens is 1. The van der Waals surface area contributed by atoms with Crippen LogP contribution in [0.4, 0.5) is 0 Å². The molecule has 3 rings (SSSR count). The second-order valence-corrected chi connectivity index (χ2v) is 7.44. The second kappa shape index (κ2) is 9.16. The number of carbonyl (C=O) groups is 1. The molecule has 29 heavy (non-hydrogen) atoms. The summed E-state index contributed by atoms with van der Waals surface area (Å²) in [4.78, 5) is 12.0. The van der Waals surface area contributed by atoms with E-state index in [-0.39, 0.29) is 0 Å². The minimum Gasteiger partial charge on any atom is -0.497 e. The molecular weight excluding hydrogens is 388 g/mol. The highest BCUT2D eigenvalue weighted by atomic mass is 35.5. The third-order valence-corrected chi connectivity index (χ3v) is 5.35. The fourth-order valence-electron chi connectivity index (χ4n) is 3.62. The molecule has 0 aliphatic heterocycles. The van der Waals surface area contributed by atoms with E-state index in [0.717, 1.165) is 33.8 Å². The van der Waals surface area contributed by atoms with Gasteiger partial charge in [0.15, 0.2) is 0 Å². The first kappa shape index (κ1) is 21.0. The summed E-state index contributed by atoms with van der Waals surface area (Å²) >= 11 is 6.04. The second-order valence-electron chi connectivity index (χ2n) is 7.00. The van der Waals surface area contributed by atoms with E-state index in [1.165, 1.54) is 0 Å². The highest BCUT2D eigenvalue weighted by Crippen LogP contribution is 2.25. The van der Waals surface area contributed by atoms with Gasteiger partial charge in [0.1, 0.15) is 5.75 Å². The molecule has 152 valence electrons. The van der Waals surface area contributed by atoms with E-state index < -0.39 is 5.97 Å². The van der Waals surface area contributed by atoms with Crippen molar-refractivity contribution in [3.8, 4) is 5.75 Å². The number of hydrogen-bond acceptors (Lipinski definition) is 3. The minimum atomic E-state index is -0.908. The summed E-state index contributed by atoms with van der Waals surface area (Å²) in [6.07, 6.45) is 0. The van der Waals surface area contributed by atoms with Gasteiger partial charge < -0.3 is 19.7 Å². The molecule has 2 aromatic carbocycles. The fraction of sp³-hybridized carbons (Fsp3) is 0.261. The highest BCUT2D eigenvalue weighted by molar-refractivity contribution is 6.30.